The smallest absolute Gasteiger partial charge is 0.179 e. The Bertz CT molecular complexity index is 625. The quantitative estimate of drug-likeness (QED) is 0.487. The zero-order valence-corrected chi connectivity index (χ0v) is 16.3. The van der Waals surface area contributed by atoms with E-state index in [0.717, 1.165) is 22.5 Å². The Kier molecular flexibility index (Phi) is 14.0. The Hall–Kier alpha value is -1.87. The Morgan fingerprint density at radius 3 is 2.22 bits per heavy atom. The van der Waals surface area contributed by atoms with Crippen molar-refractivity contribution >= 4 is 28.3 Å². The van der Waals surface area contributed by atoms with Gasteiger partial charge in [0.2, 0.25) is 0 Å². The van der Waals surface area contributed by atoms with E-state index in [4.69, 9.17) is 11.6 Å². The molecule has 4 heteroatoms. The molecule has 0 atom stereocenters. The van der Waals surface area contributed by atoms with E-state index in [0.29, 0.717) is 10.7 Å². The maximum atomic E-state index is 6.22. The molecule has 2 heterocycles. The van der Waals surface area contributed by atoms with Crippen molar-refractivity contribution in [2.75, 3.05) is 0 Å². The van der Waals surface area contributed by atoms with Crippen LogP contribution in [0, 0.1) is 6.92 Å². The van der Waals surface area contributed by atoms with E-state index in [1.54, 1.807) is 6.20 Å². The number of aromatic amines is 1. The van der Waals surface area contributed by atoms with E-state index in [9.17, 15) is 0 Å². The molecular formula is C19H30ClN3. The van der Waals surface area contributed by atoms with E-state index >= 15 is 0 Å². The molecule has 0 aromatic carbocycles. The highest BCUT2D eigenvalue weighted by molar-refractivity contribution is 6.35. The van der Waals surface area contributed by atoms with Gasteiger partial charge < -0.3 is 4.98 Å². The molecule has 0 amide bonds. The van der Waals surface area contributed by atoms with Gasteiger partial charge in [0.1, 0.15) is 11.3 Å². The first-order valence-electron chi connectivity index (χ1n) is 7.97. The summed E-state index contributed by atoms with van der Waals surface area (Å²) in [6.45, 7) is 19.9. The highest BCUT2D eigenvalue weighted by Gasteiger charge is 2.10. The summed E-state index contributed by atoms with van der Waals surface area (Å²) in [5.74, 6) is 0.792. The predicted molar refractivity (Wildman–Crippen MR) is 106 cm³/mol. The zero-order chi connectivity index (χ0) is 18.4. The molecule has 1 N–H and O–H groups in total. The first kappa shape index (κ1) is 23.4. The molecular weight excluding hydrogens is 306 g/mol. The number of rotatable bonds is 2. The minimum atomic E-state index is 0.652. The largest absolute Gasteiger partial charge is 0.335 e. The molecule has 0 aliphatic heterocycles. The van der Waals surface area contributed by atoms with E-state index in [-0.39, 0.29) is 0 Å². The third-order valence-corrected chi connectivity index (χ3v) is 3.05. The number of aryl methyl sites for hydroxylation is 1. The van der Waals surface area contributed by atoms with E-state index < -0.39 is 0 Å². The van der Waals surface area contributed by atoms with Crippen molar-refractivity contribution in [3.05, 3.63) is 54.0 Å². The normalized spacial score (nSPS) is 10.2. The molecule has 0 unspecified atom stereocenters. The van der Waals surface area contributed by atoms with Gasteiger partial charge in [0.15, 0.2) is 5.65 Å². The third-order valence-electron chi connectivity index (χ3n) is 2.56. The molecule has 0 saturated heterocycles. The van der Waals surface area contributed by atoms with Crippen LogP contribution in [0.2, 0.25) is 5.02 Å². The molecule has 2 rings (SSSR count). The molecule has 0 fully saturated rings. The minimum absolute atomic E-state index is 0.652. The second kappa shape index (κ2) is 13.8. The van der Waals surface area contributed by atoms with Gasteiger partial charge in [-0.2, -0.15) is 0 Å². The monoisotopic (exact) mass is 335 g/mol. The topological polar surface area (TPSA) is 41.6 Å². The fourth-order valence-electron chi connectivity index (χ4n) is 1.65. The van der Waals surface area contributed by atoms with Crippen LogP contribution in [0.25, 0.3) is 16.7 Å². The summed E-state index contributed by atoms with van der Waals surface area (Å²) >= 11 is 6.22. The lowest BCUT2D eigenvalue weighted by Gasteiger charge is -1.96. The van der Waals surface area contributed by atoms with Crippen molar-refractivity contribution in [1.82, 2.24) is 15.0 Å². The van der Waals surface area contributed by atoms with Crippen LogP contribution >= 0.6 is 11.6 Å². The Balaban J connectivity index is 0. The predicted octanol–water partition coefficient (Wildman–Crippen LogP) is 6.75. The number of hydrogen-bond acceptors (Lipinski definition) is 2. The SMILES string of the molecule is C/C=C\C(=C/C)c1nc2ncc(C)c(Cl)c2[nH]1.C=C.CC.CC. The maximum absolute atomic E-state index is 6.22. The summed E-state index contributed by atoms with van der Waals surface area (Å²) in [5, 5.41) is 0.685. The molecule has 0 saturated carbocycles. The van der Waals surface area contributed by atoms with Crippen molar-refractivity contribution in [2.24, 2.45) is 0 Å². The fraction of sp³-hybridized carbons (Fsp3) is 0.368. The van der Waals surface area contributed by atoms with Crippen LogP contribution < -0.4 is 0 Å². The average Bonchev–Trinajstić information content (AvgIpc) is 3.06. The molecule has 0 radical (unpaired) electrons. The zero-order valence-electron chi connectivity index (χ0n) is 15.5. The molecule has 0 bridgehead atoms. The highest BCUT2D eigenvalue weighted by atomic mass is 35.5. The van der Waals surface area contributed by atoms with Crippen LogP contribution in [-0.4, -0.2) is 15.0 Å². The van der Waals surface area contributed by atoms with Gasteiger partial charge in [-0.25, -0.2) is 9.97 Å². The van der Waals surface area contributed by atoms with Gasteiger partial charge in [-0.05, 0) is 26.3 Å². The molecule has 23 heavy (non-hydrogen) atoms. The van der Waals surface area contributed by atoms with Crippen molar-refractivity contribution in [3.63, 3.8) is 0 Å². The number of halogens is 1. The van der Waals surface area contributed by atoms with Crippen LogP contribution in [0.5, 0.6) is 0 Å². The number of pyridine rings is 1. The van der Waals surface area contributed by atoms with Gasteiger partial charge in [-0.3, -0.25) is 0 Å². The Labute approximate surface area is 146 Å². The standard InChI is InChI=1S/C13H14ClN3.2C2H6.C2H4/c1-4-6-9(5-2)12-16-11-10(14)8(3)7-15-13(11)17-12;3*1-2/h4-7H,1-3H3,(H,15,16,17);2*1-2H3;1-2H2/b6-4-,9-5+;;;. The number of hydrogen-bond donors (Lipinski definition) is 1. The highest BCUT2D eigenvalue weighted by Crippen LogP contribution is 2.25. The second-order valence-corrected chi connectivity index (χ2v) is 4.16. The molecule has 0 aliphatic rings. The summed E-state index contributed by atoms with van der Waals surface area (Å²) in [7, 11) is 0. The number of nitrogens with zero attached hydrogens (tertiary/aromatic N) is 2. The third kappa shape index (κ3) is 6.41. The van der Waals surface area contributed by atoms with Gasteiger partial charge >= 0.3 is 0 Å². The second-order valence-electron chi connectivity index (χ2n) is 3.78. The van der Waals surface area contributed by atoms with Gasteiger partial charge in [-0.1, -0.05) is 57.5 Å². The molecule has 2 aromatic heterocycles. The Morgan fingerprint density at radius 2 is 1.74 bits per heavy atom. The number of allylic oxidation sites excluding steroid dienone is 4. The number of fused-ring (bicyclic) bond motifs is 1. The van der Waals surface area contributed by atoms with Crippen LogP contribution in [-0.2, 0) is 0 Å². The molecule has 3 nitrogen and oxygen atoms in total. The molecule has 0 aliphatic carbocycles. The lowest BCUT2D eigenvalue weighted by atomic mass is 10.2. The van der Waals surface area contributed by atoms with Crippen LogP contribution in [0.1, 0.15) is 52.9 Å². The number of H-pyrrole nitrogens is 1. The fourth-order valence-corrected chi connectivity index (χ4v) is 1.83. The van der Waals surface area contributed by atoms with E-state index in [2.05, 4.69) is 28.1 Å². The first-order chi connectivity index (χ1) is 11.2. The summed E-state index contributed by atoms with van der Waals surface area (Å²) in [6.07, 6.45) is 7.71. The maximum Gasteiger partial charge on any atom is 0.179 e. The van der Waals surface area contributed by atoms with E-state index in [1.807, 2.05) is 66.7 Å². The summed E-state index contributed by atoms with van der Waals surface area (Å²) in [5.41, 5.74) is 3.42. The van der Waals surface area contributed by atoms with Crippen LogP contribution in [0.4, 0.5) is 0 Å². The van der Waals surface area contributed by atoms with Crippen molar-refractivity contribution in [3.8, 4) is 0 Å². The van der Waals surface area contributed by atoms with Crippen molar-refractivity contribution < 1.29 is 0 Å². The minimum Gasteiger partial charge on any atom is -0.335 e. The van der Waals surface area contributed by atoms with Crippen LogP contribution in [0.15, 0.2) is 37.6 Å². The molecule has 0 spiro atoms. The van der Waals surface area contributed by atoms with Crippen molar-refractivity contribution in [1.29, 1.82) is 0 Å². The van der Waals surface area contributed by atoms with Gasteiger partial charge in [0.05, 0.1) is 5.02 Å². The van der Waals surface area contributed by atoms with Crippen molar-refractivity contribution in [2.45, 2.75) is 48.5 Å². The average molecular weight is 336 g/mol. The Morgan fingerprint density at radius 1 is 1.17 bits per heavy atom. The summed E-state index contributed by atoms with van der Waals surface area (Å²) < 4.78 is 0. The molecule has 128 valence electrons. The lowest BCUT2D eigenvalue weighted by Crippen LogP contribution is -1.82. The first-order valence-corrected chi connectivity index (χ1v) is 8.35. The number of nitrogens with one attached hydrogen (secondary N) is 1. The summed E-state index contributed by atoms with van der Waals surface area (Å²) in [4.78, 5) is 11.9. The number of imidazole rings is 1. The molecule has 2 aromatic rings. The van der Waals surface area contributed by atoms with Gasteiger partial charge in [0.25, 0.3) is 0 Å². The number of aromatic nitrogens is 3. The summed E-state index contributed by atoms with van der Waals surface area (Å²) in [6, 6.07) is 0. The van der Waals surface area contributed by atoms with Crippen LogP contribution in [0.3, 0.4) is 0 Å². The lowest BCUT2D eigenvalue weighted by molar-refractivity contribution is 1.24. The van der Waals surface area contributed by atoms with Gasteiger partial charge in [-0.15, -0.1) is 13.2 Å². The van der Waals surface area contributed by atoms with E-state index in [1.165, 1.54) is 0 Å². The van der Waals surface area contributed by atoms with Gasteiger partial charge in [0, 0.05) is 11.8 Å².